The van der Waals surface area contributed by atoms with Gasteiger partial charge in [0.1, 0.15) is 12.4 Å². The third-order valence-electron chi connectivity index (χ3n) is 3.60. The van der Waals surface area contributed by atoms with Crippen LogP contribution in [0.25, 0.3) is 0 Å². The molecular formula is C19H20O4. The molecule has 23 heavy (non-hydrogen) atoms. The molecule has 0 bridgehead atoms. The highest BCUT2D eigenvalue weighted by Crippen LogP contribution is 2.25. The Bertz CT molecular complexity index is 705. The second-order valence-electron chi connectivity index (χ2n) is 5.37. The molecule has 2 aromatic rings. The van der Waals surface area contributed by atoms with Gasteiger partial charge in [-0.25, -0.2) is 0 Å². The second kappa shape index (κ2) is 7.58. The minimum Gasteiger partial charge on any atom is -0.489 e. The van der Waals surface area contributed by atoms with Gasteiger partial charge >= 0.3 is 5.97 Å². The zero-order valence-electron chi connectivity index (χ0n) is 13.3. The summed E-state index contributed by atoms with van der Waals surface area (Å²) in [4.78, 5) is 23.0. The van der Waals surface area contributed by atoms with Crippen molar-refractivity contribution in [2.75, 3.05) is 0 Å². The molecule has 0 aromatic heterocycles. The number of rotatable bonds is 7. The summed E-state index contributed by atoms with van der Waals surface area (Å²) in [6.07, 6.45) is 0.453. The molecular weight excluding hydrogens is 292 g/mol. The van der Waals surface area contributed by atoms with Crippen LogP contribution in [0.1, 0.15) is 40.9 Å². The molecule has 0 heterocycles. The Balaban J connectivity index is 2.32. The van der Waals surface area contributed by atoms with E-state index in [1.165, 1.54) is 6.92 Å². The topological polar surface area (TPSA) is 63.6 Å². The Morgan fingerprint density at radius 3 is 2.30 bits per heavy atom. The van der Waals surface area contributed by atoms with E-state index >= 15 is 0 Å². The summed E-state index contributed by atoms with van der Waals surface area (Å²) >= 11 is 0. The molecule has 120 valence electrons. The van der Waals surface area contributed by atoms with E-state index in [1.807, 2.05) is 43.3 Å². The molecule has 0 spiro atoms. The fraction of sp³-hybridized carbons (Fsp3) is 0.263. The second-order valence-corrected chi connectivity index (χ2v) is 5.37. The number of carboxylic acid groups (broad SMARTS) is 1. The van der Waals surface area contributed by atoms with Gasteiger partial charge in [0.2, 0.25) is 0 Å². The number of carboxylic acids is 1. The standard InChI is InChI=1S/C19H20O4/c1-3-15-9-17(23-12-14-7-5-4-6-8-14)10-16(11-18(21)22)19(15)13(2)20/h4-10H,3,11-12H2,1-2H3,(H,21,22). The fourth-order valence-electron chi connectivity index (χ4n) is 2.59. The van der Waals surface area contributed by atoms with E-state index in [4.69, 9.17) is 9.84 Å². The van der Waals surface area contributed by atoms with Crippen LogP contribution in [0.2, 0.25) is 0 Å². The molecule has 0 aliphatic carbocycles. The lowest BCUT2D eigenvalue weighted by Gasteiger charge is -2.14. The van der Waals surface area contributed by atoms with Crippen molar-refractivity contribution in [1.82, 2.24) is 0 Å². The van der Waals surface area contributed by atoms with E-state index in [0.29, 0.717) is 29.9 Å². The number of ketones is 1. The third kappa shape index (κ3) is 4.42. The van der Waals surface area contributed by atoms with Crippen LogP contribution in [0.3, 0.4) is 0 Å². The summed E-state index contributed by atoms with van der Waals surface area (Å²) in [6, 6.07) is 13.2. The molecule has 0 aliphatic heterocycles. The molecule has 0 unspecified atom stereocenters. The molecule has 0 aliphatic rings. The van der Waals surface area contributed by atoms with E-state index in [1.54, 1.807) is 6.07 Å². The van der Waals surface area contributed by atoms with Crippen LogP contribution < -0.4 is 4.74 Å². The minimum absolute atomic E-state index is 0.118. The molecule has 0 amide bonds. The quantitative estimate of drug-likeness (QED) is 0.793. The van der Waals surface area contributed by atoms with Crippen molar-refractivity contribution in [2.24, 2.45) is 0 Å². The Morgan fingerprint density at radius 1 is 1.09 bits per heavy atom. The predicted molar refractivity (Wildman–Crippen MR) is 87.9 cm³/mol. The average Bonchev–Trinajstić information content (AvgIpc) is 2.52. The summed E-state index contributed by atoms with van der Waals surface area (Å²) in [7, 11) is 0. The highest BCUT2D eigenvalue weighted by Gasteiger charge is 2.16. The molecule has 0 saturated carbocycles. The van der Waals surface area contributed by atoms with Gasteiger partial charge in [-0.2, -0.15) is 0 Å². The van der Waals surface area contributed by atoms with Crippen molar-refractivity contribution in [3.8, 4) is 5.75 Å². The molecule has 0 radical (unpaired) electrons. The van der Waals surface area contributed by atoms with Crippen LogP contribution >= 0.6 is 0 Å². The van der Waals surface area contributed by atoms with E-state index < -0.39 is 5.97 Å². The van der Waals surface area contributed by atoms with E-state index in [9.17, 15) is 9.59 Å². The number of benzene rings is 2. The number of ether oxygens (including phenoxy) is 1. The van der Waals surface area contributed by atoms with Gasteiger partial charge in [-0.05, 0) is 42.2 Å². The highest BCUT2D eigenvalue weighted by atomic mass is 16.5. The first kappa shape index (κ1) is 16.7. The predicted octanol–water partition coefficient (Wildman–Crippen LogP) is 3.66. The van der Waals surface area contributed by atoms with Crippen LogP contribution in [0.15, 0.2) is 42.5 Å². The molecule has 0 atom stereocenters. The normalized spacial score (nSPS) is 10.3. The van der Waals surface area contributed by atoms with Gasteiger partial charge in [0.05, 0.1) is 6.42 Å². The van der Waals surface area contributed by atoms with Gasteiger partial charge in [0.15, 0.2) is 5.78 Å². The van der Waals surface area contributed by atoms with Crippen molar-refractivity contribution in [3.05, 3.63) is 64.7 Å². The molecule has 4 nitrogen and oxygen atoms in total. The zero-order chi connectivity index (χ0) is 16.8. The summed E-state index contributed by atoms with van der Waals surface area (Å²) in [6.45, 7) is 3.80. The van der Waals surface area contributed by atoms with Gasteiger partial charge in [0, 0.05) is 5.56 Å². The summed E-state index contributed by atoms with van der Waals surface area (Å²) in [5.74, 6) is -0.491. The molecule has 1 N–H and O–H groups in total. The largest absolute Gasteiger partial charge is 0.489 e. The maximum atomic E-state index is 11.9. The van der Waals surface area contributed by atoms with E-state index in [0.717, 1.165) is 11.1 Å². The van der Waals surface area contributed by atoms with E-state index in [2.05, 4.69) is 0 Å². The lowest BCUT2D eigenvalue weighted by molar-refractivity contribution is -0.136. The molecule has 0 saturated heterocycles. The Labute approximate surface area is 135 Å². The van der Waals surface area contributed by atoms with Crippen LogP contribution in [-0.4, -0.2) is 16.9 Å². The number of carbonyl (C=O) groups excluding carboxylic acids is 1. The molecule has 4 heteroatoms. The van der Waals surface area contributed by atoms with E-state index in [-0.39, 0.29) is 12.2 Å². The van der Waals surface area contributed by atoms with Gasteiger partial charge in [-0.1, -0.05) is 37.3 Å². The summed E-state index contributed by atoms with van der Waals surface area (Å²) in [5.41, 5.74) is 2.86. The first-order chi connectivity index (χ1) is 11.0. The third-order valence-corrected chi connectivity index (χ3v) is 3.60. The molecule has 2 rings (SSSR count). The lowest BCUT2D eigenvalue weighted by atomic mass is 9.94. The smallest absolute Gasteiger partial charge is 0.307 e. The SMILES string of the molecule is CCc1cc(OCc2ccccc2)cc(CC(=O)O)c1C(C)=O. The average molecular weight is 312 g/mol. The van der Waals surface area contributed by atoms with Crippen LogP contribution in [0.4, 0.5) is 0 Å². The Morgan fingerprint density at radius 2 is 1.74 bits per heavy atom. The van der Waals surface area contributed by atoms with Crippen LogP contribution in [0, 0.1) is 0 Å². The fourth-order valence-corrected chi connectivity index (χ4v) is 2.59. The van der Waals surface area contributed by atoms with Crippen LogP contribution in [0.5, 0.6) is 5.75 Å². The molecule has 0 fully saturated rings. The first-order valence-electron chi connectivity index (χ1n) is 7.56. The maximum absolute atomic E-state index is 11.9. The summed E-state index contributed by atoms with van der Waals surface area (Å²) in [5, 5.41) is 9.08. The van der Waals surface area contributed by atoms with Crippen LogP contribution in [-0.2, 0) is 24.2 Å². The van der Waals surface area contributed by atoms with Gasteiger partial charge < -0.3 is 9.84 Å². The van der Waals surface area contributed by atoms with Gasteiger partial charge in [0.25, 0.3) is 0 Å². The Kier molecular flexibility index (Phi) is 5.52. The van der Waals surface area contributed by atoms with Crippen molar-refractivity contribution >= 4 is 11.8 Å². The number of hydrogen-bond donors (Lipinski definition) is 1. The number of aliphatic carboxylic acids is 1. The number of carbonyl (C=O) groups is 2. The first-order valence-corrected chi connectivity index (χ1v) is 7.56. The lowest BCUT2D eigenvalue weighted by Crippen LogP contribution is -2.10. The highest BCUT2D eigenvalue weighted by molar-refractivity contribution is 5.98. The zero-order valence-corrected chi connectivity index (χ0v) is 13.3. The van der Waals surface area contributed by atoms with Crippen molar-refractivity contribution in [1.29, 1.82) is 0 Å². The molecule has 2 aromatic carbocycles. The van der Waals surface area contributed by atoms with Gasteiger partial charge in [-0.15, -0.1) is 0 Å². The van der Waals surface area contributed by atoms with Crippen molar-refractivity contribution < 1.29 is 19.4 Å². The maximum Gasteiger partial charge on any atom is 0.307 e. The van der Waals surface area contributed by atoms with Crippen molar-refractivity contribution in [3.63, 3.8) is 0 Å². The number of Topliss-reactive ketones (excluding diaryl/α,β-unsaturated/α-hetero) is 1. The van der Waals surface area contributed by atoms with Crippen molar-refractivity contribution in [2.45, 2.75) is 33.3 Å². The Hall–Kier alpha value is -2.62. The summed E-state index contributed by atoms with van der Waals surface area (Å²) < 4.78 is 5.79. The minimum atomic E-state index is -0.963. The number of hydrogen-bond acceptors (Lipinski definition) is 3. The monoisotopic (exact) mass is 312 g/mol. The number of aryl methyl sites for hydroxylation is 1. The van der Waals surface area contributed by atoms with Gasteiger partial charge in [-0.3, -0.25) is 9.59 Å².